The summed E-state index contributed by atoms with van der Waals surface area (Å²) in [5, 5.41) is 7.02. The number of rotatable bonds is 5. The van der Waals surface area contributed by atoms with Crippen LogP contribution in [0.3, 0.4) is 0 Å². The Labute approximate surface area is 199 Å². The molecule has 2 aliphatic rings. The third-order valence-electron chi connectivity index (χ3n) is 6.02. The number of nitrogens with zero attached hydrogens (tertiary/aromatic N) is 5. The van der Waals surface area contributed by atoms with Crippen molar-refractivity contribution in [2.24, 2.45) is 5.73 Å². The molecule has 0 amide bonds. The van der Waals surface area contributed by atoms with Gasteiger partial charge in [0.05, 0.1) is 11.8 Å². The molecule has 184 valence electrons. The van der Waals surface area contributed by atoms with Crippen LogP contribution >= 0.6 is 0 Å². The van der Waals surface area contributed by atoms with Crippen LogP contribution in [0.4, 0.5) is 30.5 Å². The van der Waals surface area contributed by atoms with Crippen LogP contribution in [0.25, 0.3) is 11.1 Å². The third kappa shape index (κ3) is 4.65. The van der Waals surface area contributed by atoms with E-state index in [1.807, 2.05) is 6.07 Å². The molecule has 1 saturated heterocycles. The van der Waals surface area contributed by atoms with E-state index < -0.39 is 24.3 Å². The molecule has 0 saturated carbocycles. The Balaban J connectivity index is 1.47. The standard InChI is InChI=1S/C23H24F3N7O2/c1-22(2)20-15(21(34)35-22)3-4-18(31-20)30-19-7-17(32-6-5-14(27)11-32)16(9-28-19)13-8-29-33(10-13)12-23(24,25)26/h3-4,7-10,14H,5-6,11-12,27H2,1-2H3,(H,28,30,31)/t14-/m1/s1. The number of cyclic esters (lactones) is 1. The lowest BCUT2D eigenvalue weighted by atomic mass is 10.0. The predicted octanol–water partition coefficient (Wildman–Crippen LogP) is 3.59. The lowest BCUT2D eigenvalue weighted by Gasteiger charge is -2.22. The van der Waals surface area contributed by atoms with Gasteiger partial charge in [0.1, 0.15) is 29.5 Å². The Morgan fingerprint density at radius 2 is 2.03 bits per heavy atom. The number of halogens is 3. The largest absolute Gasteiger partial charge is 0.449 e. The topological polar surface area (TPSA) is 111 Å². The number of anilines is 3. The molecule has 9 nitrogen and oxygen atoms in total. The Kier molecular flexibility index (Phi) is 5.42. The SMILES string of the molecule is CC1(C)OC(=O)c2ccc(Nc3cc(N4CC[C@@H](N)C4)c(-c4cnn(CC(F)(F)F)c4)cn3)nc21. The minimum Gasteiger partial charge on any atom is -0.449 e. The lowest BCUT2D eigenvalue weighted by Crippen LogP contribution is -2.26. The average molecular weight is 487 g/mol. The minimum absolute atomic E-state index is 0.00137. The Morgan fingerprint density at radius 3 is 2.74 bits per heavy atom. The summed E-state index contributed by atoms with van der Waals surface area (Å²) in [5.74, 6) is 0.560. The van der Waals surface area contributed by atoms with Gasteiger partial charge < -0.3 is 20.7 Å². The van der Waals surface area contributed by atoms with E-state index in [1.54, 1.807) is 32.2 Å². The van der Waals surface area contributed by atoms with E-state index in [0.717, 1.165) is 16.8 Å². The highest BCUT2D eigenvalue weighted by Gasteiger charge is 2.39. The molecule has 5 rings (SSSR count). The van der Waals surface area contributed by atoms with Crippen molar-refractivity contribution in [1.29, 1.82) is 0 Å². The fraction of sp³-hybridized carbons (Fsp3) is 0.391. The number of nitrogens with one attached hydrogen (secondary N) is 1. The number of carbonyl (C=O) groups is 1. The molecule has 0 unspecified atom stereocenters. The summed E-state index contributed by atoms with van der Waals surface area (Å²) < 4.78 is 44.6. The molecule has 1 atom stereocenters. The number of pyridine rings is 2. The second-order valence-corrected chi connectivity index (χ2v) is 9.24. The highest BCUT2D eigenvalue weighted by molar-refractivity contribution is 5.94. The first-order valence-corrected chi connectivity index (χ1v) is 11.1. The zero-order valence-corrected chi connectivity index (χ0v) is 19.1. The van der Waals surface area contributed by atoms with Gasteiger partial charge in [-0.15, -0.1) is 0 Å². The Morgan fingerprint density at radius 1 is 1.23 bits per heavy atom. The average Bonchev–Trinajstić information content (AvgIpc) is 3.46. The van der Waals surface area contributed by atoms with Crippen LogP contribution in [0.2, 0.25) is 0 Å². The van der Waals surface area contributed by atoms with Gasteiger partial charge in [0.2, 0.25) is 0 Å². The van der Waals surface area contributed by atoms with Crippen LogP contribution in [0.1, 0.15) is 36.3 Å². The van der Waals surface area contributed by atoms with Gasteiger partial charge in [0.25, 0.3) is 0 Å². The van der Waals surface area contributed by atoms with E-state index in [1.165, 1.54) is 12.4 Å². The first-order chi connectivity index (χ1) is 16.5. The Hall–Kier alpha value is -3.67. The second-order valence-electron chi connectivity index (χ2n) is 9.24. The van der Waals surface area contributed by atoms with Crippen LogP contribution < -0.4 is 16.0 Å². The molecular formula is C23H24F3N7O2. The predicted molar refractivity (Wildman–Crippen MR) is 122 cm³/mol. The van der Waals surface area contributed by atoms with Crippen molar-refractivity contribution < 1.29 is 22.7 Å². The van der Waals surface area contributed by atoms with Crippen LogP contribution in [0.15, 0.2) is 36.8 Å². The van der Waals surface area contributed by atoms with Gasteiger partial charge in [0, 0.05) is 54.4 Å². The van der Waals surface area contributed by atoms with E-state index in [-0.39, 0.29) is 6.04 Å². The highest BCUT2D eigenvalue weighted by Crippen LogP contribution is 2.37. The second kappa shape index (κ2) is 8.22. The first-order valence-electron chi connectivity index (χ1n) is 11.1. The van der Waals surface area contributed by atoms with Crippen molar-refractivity contribution in [1.82, 2.24) is 19.7 Å². The number of hydrogen-bond donors (Lipinski definition) is 2. The molecule has 5 heterocycles. The van der Waals surface area contributed by atoms with Crippen molar-refractivity contribution >= 4 is 23.3 Å². The molecule has 12 heteroatoms. The molecule has 1 fully saturated rings. The maximum atomic E-state index is 12.8. The van der Waals surface area contributed by atoms with Gasteiger partial charge in [-0.05, 0) is 32.4 Å². The van der Waals surface area contributed by atoms with E-state index in [4.69, 9.17) is 10.5 Å². The summed E-state index contributed by atoms with van der Waals surface area (Å²) >= 11 is 0. The van der Waals surface area contributed by atoms with Gasteiger partial charge >= 0.3 is 12.1 Å². The number of fused-ring (bicyclic) bond motifs is 1. The number of carbonyl (C=O) groups excluding carboxylic acids is 1. The van der Waals surface area contributed by atoms with Gasteiger partial charge in [-0.3, -0.25) is 4.68 Å². The quantitative estimate of drug-likeness (QED) is 0.526. The van der Waals surface area contributed by atoms with Gasteiger partial charge in [-0.2, -0.15) is 18.3 Å². The zero-order chi connectivity index (χ0) is 25.0. The molecule has 3 aromatic heterocycles. The molecule has 0 aliphatic carbocycles. The summed E-state index contributed by atoms with van der Waals surface area (Å²) in [5.41, 5.74) is 8.19. The summed E-state index contributed by atoms with van der Waals surface area (Å²) in [6, 6.07) is 5.14. The van der Waals surface area contributed by atoms with Gasteiger partial charge in [-0.1, -0.05) is 0 Å². The molecule has 3 N–H and O–H groups in total. The number of alkyl halides is 3. The monoisotopic (exact) mass is 487 g/mol. The number of nitrogens with two attached hydrogens (primary N) is 1. The van der Waals surface area contributed by atoms with Crippen LogP contribution in [0, 0.1) is 0 Å². The van der Waals surface area contributed by atoms with Crippen molar-refractivity contribution in [3.63, 3.8) is 0 Å². The van der Waals surface area contributed by atoms with Gasteiger partial charge in [-0.25, -0.2) is 14.8 Å². The summed E-state index contributed by atoms with van der Waals surface area (Å²) in [6.45, 7) is 3.69. The lowest BCUT2D eigenvalue weighted by molar-refractivity contribution is -0.142. The van der Waals surface area contributed by atoms with Crippen molar-refractivity contribution in [3.05, 3.63) is 48.0 Å². The van der Waals surface area contributed by atoms with E-state index in [9.17, 15) is 18.0 Å². The number of ether oxygens (including phenoxy) is 1. The van der Waals surface area contributed by atoms with Crippen molar-refractivity contribution in [2.75, 3.05) is 23.3 Å². The number of hydrogen-bond acceptors (Lipinski definition) is 8. The summed E-state index contributed by atoms with van der Waals surface area (Å²) in [6.07, 6.45) is 0.787. The maximum Gasteiger partial charge on any atom is 0.408 e. The minimum atomic E-state index is -4.37. The maximum absolute atomic E-state index is 12.8. The molecular weight excluding hydrogens is 463 g/mol. The first kappa shape index (κ1) is 23.1. The molecule has 2 aliphatic heterocycles. The number of aromatic nitrogens is 4. The van der Waals surface area contributed by atoms with E-state index in [2.05, 4.69) is 25.3 Å². The normalized spacial score (nSPS) is 19.1. The molecule has 0 radical (unpaired) electrons. The van der Waals surface area contributed by atoms with Crippen LogP contribution in [-0.4, -0.2) is 51.0 Å². The third-order valence-corrected chi connectivity index (χ3v) is 6.02. The molecule has 0 aromatic carbocycles. The fourth-order valence-electron chi connectivity index (χ4n) is 4.39. The molecule has 3 aromatic rings. The van der Waals surface area contributed by atoms with E-state index >= 15 is 0 Å². The number of esters is 1. The highest BCUT2D eigenvalue weighted by atomic mass is 19.4. The summed E-state index contributed by atoms with van der Waals surface area (Å²) in [4.78, 5) is 23.1. The Bertz CT molecular complexity index is 1290. The molecule has 0 spiro atoms. The van der Waals surface area contributed by atoms with E-state index in [0.29, 0.717) is 47.1 Å². The smallest absolute Gasteiger partial charge is 0.408 e. The van der Waals surface area contributed by atoms with Crippen molar-refractivity contribution in [3.8, 4) is 11.1 Å². The van der Waals surface area contributed by atoms with Crippen LogP contribution in [-0.2, 0) is 16.9 Å². The fourth-order valence-corrected chi connectivity index (χ4v) is 4.39. The van der Waals surface area contributed by atoms with Crippen molar-refractivity contribution in [2.45, 2.75) is 44.6 Å². The van der Waals surface area contributed by atoms with Gasteiger partial charge in [0.15, 0.2) is 0 Å². The zero-order valence-electron chi connectivity index (χ0n) is 19.1. The summed E-state index contributed by atoms with van der Waals surface area (Å²) in [7, 11) is 0. The molecule has 0 bridgehead atoms. The molecule has 35 heavy (non-hydrogen) atoms. The van der Waals surface area contributed by atoms with Crippen LogP contribution in [0.5, 0.6) is 0 Å².